The highest BCUT2D eigenvalue weighted by Gasteiger charge is 2.26. The Kier molecular flexibility index (Phi) is 4.01. The summed E-state index contributed by atoms with van der Waals surface area (Å²) in [5.41, 5.74) is 6.08. The van der Waals surface area contributed by atoms with Crippen LogP contribution in [0.25, 0.3) is 0 Å². The Labute approximate surface area is 107 Å². The first-order chi connectivity index (χ1) is 8.61. The van der Waals surface area contributed by atoms with E-state index < -0.39 is 0 Å². The van der Waals surface area contributed by atoms with Gasteiger partial charge in [-0.15, -0.1) is 0 Å². The maximum absolute atomic E-state index is 11.6. The van der Waals surface area contributed by atoms with E-state index in [0.717, 1.165) is 30.9 Å². The molecular weight excluding hydrogens is 228 g/mol. The van der Waals surface area contributed by atoms with Gasteiger partial charge < -0.3 is 15.6 Å². The third-order valence-corrected chi connectivity index (χ3v) is 3.75. The van der Waals surface area contributed by atoms with Crippen LogP contribution < -0.4 is 16.2 Å². The van der Waals surface area contributed by atoms with Crippen LogP contribution in [0.2, 0.25) is 0 Å². The van der Waals surface area contributed by atoms with E-state index in [9.17, 15) is 4.79 Å². The van der Waals surface area contributed by atoms with E-state index in [1.807, 2.05) is 14.0 Å². The normalized spacial score (nSPS) is 23.9. The van der Waals surface area contributed by atoms with Gasteiger partial charge in [0.1, 0.15) is 11.6 Å². The molecule has 1 aromatic rings. The molecular formula is C13H22N4O. The molecule has 1 aromatic heterocycles. The van der Waals surface area contributed by atoms with Gasteiger partial charge in [0.2, 0.25) is 0 Å². The first-order valence-corrected chi connectivity index (χ1v) is 6.70. The molecule has 0 aromatic carbocycles. The van der Waals surface area contributed by atoms with Crippen LogP contribution in [-0.4, -0.2) is 29.1 Å². The summed E-state index contributed by atoms with van der Waals surface area (Å²) in [5.74, 6) is 1.46. The first-order valence-electron chi connectivity index (χ1n) is 6.70. The minimum Gasteiger partial charge on any atom is -0.355 e. The number of rotatable bonds is 3. The fourth-order valence-corrected chi connectivity index (χ4v) is 2.63. The average Bonchev–Trinajstić information content (AvgIpc) is 2.37. The molecule has 2 unspecified atom stereocenters. The van der Waals surface area contributed by atoms with Crippen LogP contribution >= 0.6 is 0 Å². The molecule has 1 heterocycles. The second kappa shape index (κ2) is 5.52. The zero-order valence-corrected chi connectivity index (χ0v) is 11.1. The van der Waals surface area contributed by atoms with E-state index in [4.69, 9.17) is 5.73 Å². The highest BCUT2D eigenvalue weighted by atomic mass is 16.1. The second-order valence-corrected chi connectivity index (χ2v) is 5.03. The van der Waals surface area contributed by atoms with Gasteiger partial charge in [-0.25, -0.2) is 4.98 Å². The summed E-state index contributed by atoms with van der Waals surface area (Å²) in [6.45, 7) is 1.98. The van der Waals surface area contributed by atoms with Gasteiger partial charge in [0, 0.05) is 31.6 Å². The monoisotopic (exact) mass is 250 g/mol. The van der Waals surface area contributed by atoms with E-state index in [1.165, 1.54) is 12.8 Å². The predicted molar refractivity (Wildman–Crippen MR) is 72.9 cm³/mol. The van der Waals surface area contributed by atoms with Crippen LogP contribution in [0, 0.1) is 0 Å². The molecule has 100 valence electrons. The van der Waals surface area contributed by atoms with Gasteiger partial charge in [-0.05, 0) is 12.8 Å². The molecule has 3 N–H and O–H groups in total. The lowest BCUT2D eigenvalue weighted by atomic mass is 9.90. The second-order valence-electron chi connectivity index (χ2n) is 5.03. The van der Waals surface area contributed by atoms with Crippen LogP contribution in [0.5, 0.6) is 0 Å². The molecule has 0 bridgehead atoms. The molecule has 18 heavy (non-hydrogen) atoms. The van der Waals surface area contributed by atoms with Crippen molar-refractivity contribution >= 4 is 5.82 Å². The molecule has 1 aliphatic rings. The van der Waals surface area contributed by atoms with Crippen molar-refractivity contribution in [2.75, 3.05) is 11.9 Å². The average molecular weight is 250 g/mol. The van der Waals surface area contributed by atoms with Crippen LogP contribution in [0.15, 0.2) is 10.9 Å². The Morgan fingerprint density at radius 2 is 2.22 bits per heavy atom. The van der Waals surface area contributed by atoms with Crippen molar-refractivity contribution in [3.8, 4) is 0 Å². The Bertz CT molecular complexity index is 457. The quantitative estimate of drug-likeness (QED) is 0.840. The SMILES string of the molecule is CCc1nc(N(C)C2CCCCC2N)cc(=O)[nH]1. The van der Waals surface area contributed by atoms with Crippen molar-refractivity contribution in [1.29, 1.82) is 0 Å². The summed E-state index contributed by atoms with van der Waals surface area (Å²) >= 11 is 0. The molecule has 0 aliphatic heterocycles. The molecule has 1 fully saturated rings. The molecule has 2 rings (SSSR count). The number of anilines is 1. The summed E-state index contributed by atoms with van der Waals surface area (Å²) in [6, 6.07) is 2.02. The number of aryl methyl sites for hydroxylation is 1. The highest BCUT2D eigenvalue weighted by molar-refractivity contribution is 5.38. The highest BCUT2D eigenvalue weighted by Crippen LogP contribution is 2.23. The minimum absolute atomic E-state index is 0.0897. The number of likely N-dealkylation sites (N-methyl/N-ethyl adjacent to an activating group) is 1. The van der Waals surface area contributed by atoms with Crippen molar-refractivity contribution in [1.82, 2.24) is 9.97 Å². The van der Waals surface area contributed by atoms with Gasteiger partial charge in [-0.1, -0.05) is 19.8 Å². The fourth-order valence-electron chi connectivity index (χ4n) is 2.63. The topological polar surface area (TPSA) is 75.0 Å². The van der Waals surface area contributed by atoms with Crippen LogP contribution in [0.3, 0.4) is 0 Å². The molecule has 0 spiro atoms. The van der Waals surface area contributed by atoms with E-state index in [2.05, 4.69) is 14.9 Å². The van der Waals surface area contributed by atoms with Crippen molar-refractivity contribution in [3.63, 3.8) is 0 Å². The molecule has 2 atom stereocenters. The van der Waals surface area contributed by atoms with Crippen LogP contribution in [-0.2, 0) is 6.42 Å². The number of aromatic amines is 1. The number of nitrogens with zero attached hydrogens (tertiary/aromatic N) is 2. The third-order valence-electron chi connectivity index (χ3n) is 3.75. The maximum atomic E-state index is 11.6. The smallest absolute Gasteiger partial charge is 0.252 e. The standard InChI is InChI=1S/C13H22N4O/c1-3-11-15-12(8-13(18)16-11)17(2)10-7-5-4-6-9(10)14/h8-10H,3-7,14H2,1-2H3,(H,15,16,18). The van der Waals surface area contributed by atoms with Gasteiger partial charge in [-0.2, -0.15) is 0 Å². The van der Waals surface area contributed by atoms with Gasteiger partial charge in [0.05, 0.1) is 0 Å². The molecule has 0 saturated heterocycles. The first kappa shape index (κ1) is 13.1. The Morgan fingerprint density at radius 1 is 1.50 bits per heavy atom. The van der Waals surface area contributed by atoms with E-state index in [1.54, 1.807) is 6.07 Å². The summed E-state index contributed by atoms with van der Waals surface area (Å²) in [6.07, 6.45) is 5.27. The lowest BCUT2D eigenvalue weighted by Gasteiger charge is -2.36. The predicted octanol–water partition coefficient (Wildman–Crippen LogP) is 1.04. The number of nitrogens with one attached hydrogen (secondary N) is 1. The summed E-state index contributed by atoms with van der Waals surface area (Å²) < 4.78 is 0. The molecule has 5 heteroatoms. The van der Waals surface area contributed by atoms with Crippen molar-refractivity contribution in [3.05, 3.63) is 22.2 Å². The van der Waals surface area contributed by atoms with Crippen molar-refractivity contribution < 1.29 is 0 Å². The molecule has 0 amide bonds. The van der Waals surface area contributed by atoms with E-state index >= 15 is 0 Å². The summed E-state index contributed by atoms with van der Waals surface area (Å²) in [5, 5.41) is 0. The summed E-state index contributed by atoms with van der Waals surface area (Å²) in [7, 11) is 1.98. The number of nitrogens with two attached hydrogens (primary N) is 1. The zero-order chi connectivity index (χ0) is 13.1. The zero-order valence-electron chi connectivity index (χ0n) is 11.1. The minimum atomic E-state index is -0.0897. The van der Waals surface area contributed by atoms with Crippen LogP contribution in [0.4, 0.5) is 5.82 Å². The van der Waals surface area contributed by atoms with Gasteiger partial charge in [-0.3, -0.25) is 4.79 Å². The largest absolute Gasteiger partial charge is 0.355 e. The number of aromatic nitrogens is 2. The van der Waals surface area contributed by atoms with E-state index in [-0.39, 0.29) is 17.6 Å². The van der Waals surface area contributed by atoms with Crippen molar-refractivity contribution in [2.45, 2.75) is 51.1 Å². The fraction of sp³-hybridized carbons (Fsp3) is 0.692. The van der Waals surface area contributed by atoms with Gasteiger partial charge in [0.25, 0.3) is 5.56 Å². The lowest BCUT2D eigenvalue weighted by Crippen LogP contribution is -2.48. The molecule has 1 aliphatic carbocycles. The molecule has 5 nitrogen and oxygen atoms in total. The van der Waals surface area contributed by atoms with Crippen LogP contribution in [0.1, 0.15) is 38.4 Å². The lowest BCUT2D eigenvalue weighted by molar-refractivity contribution is 0.372. The maximum Gasteiger partial charge on any atom is 0.252 e. The van der Waals surface area contributed by atoms with E-state index in [0.29, 0.717) is 0 Å². The Hall–Kier alpha value is -1.36. The molecule has 1 saturated carbocycles. The number of hydrogen-bond donors (Lipinski definition) is 2. The summed E-state index contributed by atoms with van der Waals surface area (Å²) in [4.78, 5) is 20.9. The third kappa shape index (κ3) is 2.72. The number of H-pyrrole nitrogens is 1. The Morgan fingerprint density at radius 3 is 2.89 bits per heavy atom. The number of hydrogen-bond acceptors (Lipinski definition) is 4. The van der Waals surface area contributed by atoms with Crippen molar-refractivity contribution in [2.24, 2.45) is 5.73 Å². The Balaban J connectivity index is 2.24. The van der Waals surface area contributed by atoms with Gasteiger partial charge in [0.15, 0.2) is 0 Å². The van der Waals surface area contributed by atoms with Gasteiger partial charge >= 0.3 is 0 Å². The molecule has 0 radical (unpaired) electrons.